The molecule has 1 aromatic rings. The van der Waals surface area contributed by atoms with Gasteiger partial charge in [0.05, 0.1) is 0 Å². The van der Waals surface area contributed by atoms with Crippen molar-refractivity contribution in [2.24, 2.45) is 5.11 Å². The zero-order chi connectivity index (χ0) is 9.68. The van der Waals surface area contributed by atoms with Gasteiger partial charge in [0.25, 0.3) is 0 Å². The van der Waals surface area contributed by atoms with E-state index in [0.717, 1.165) is 5.56 Å². The fourth-order valence-electron chi connectivity index (χ4n) is 0.862. The number of hydrogen-bond donors (Lipinski definition) is 0. The predicted octanol–water partition coefficient (Wildman–Crippen LogP) is 2.84. The van der Waals surface area contributed by atoms with E-state index in [1.54, 1.807) is 24.3 Å². The molecule has 0 fully saturated rings. The molecule has 64 valence electrons. The quantitative estimate of drug-likeness (QED) is 0.228. The highest BCUT2D eigenvalue weighted by Gasteiger charge is 1.95. The first-order valence-electron chi connectivity index (χ1n) is 3.57. The van der Waals surface area contributed by atoms with Crippen molar-refractivity contribution in [1.29, 1.82) is 0 Å². The smallest absolute Gasteiger partial charge is 0.150 e. The topological polar surface area (TPSA) is 65.8 Å². The number of benzene rings is 1. The summed E-state index contributed by atoms with van der Waals surface area (Å²) in [4.78, 5) is 13.0. The Labute approximate surface area is 75.1 Å². The van der Waals surface area contributed by atoms with Gasteiger partial charge in [-0.3, -0.25) is 4.79 Å². The second-order valence-corrected chi connectivity index (χ2v) is 2.38. The number of nitrogens with zero attached hydrogens (tertiary/aromatic N) is 3. The molecular weight excluding hydrogens is 166 g/mol. The standard InChI is InChI=1S/C9H7N3O/c1-7(6-13)8-2-4-9(5-3-8)11-12-10/h2-6H,1H2. The van der Waals surface area contributed by atoms with Crippen molar-refractivity contribution in [1.82, 2.24) is 0 Å². The second kappa shape index (κ2) is 4.09. The lowest BCUT2D eigenvalue weighted by atomic mass is 10.1. The normalized spacial score (nSPS) is 8.62. The van der Waals surface area contributed by atoms with Crippen LogP contribution in [0.4, 0.5) is 5.69 Å². The Morgan fingerprint density at radius 1 is 1.46 bits per heavy atom. The van der Waals surface area contributed by atoms with Gasteiger partial charge in [-0.2, -0.15) is 0 Å². The van der Waals surface area contributed by atoms with Crippen LogP contribution in [0.25, 0.3) is 16.0 Å². The van der Waals surface area contributed by atoms with Gasteiger partial charge in [0.2, 0.25) is 0 Å². The molecule has 0 amide bonds. The molecule has 0 bridgehead atoms. The molecule has 0 aliphatic carbocycles. The number of aldehydes is 1. The fourth-order valence-corrected chi connectivity index (χ4v) is 0.862. The van der Waals surface area contributed by atoms with Gasteiger partial charge < -0.3 is 0 Å². The van der Waals surface area contributed by atoms with Crippen LogP contribution in [0.5, 0.6) is 0 Å². The molecule has 0 heterocycles. The van der Waals surface area contributed by atoms with Crippen LogP contribution in [0.3, 0.4) is 0 Å². The maximum Gasteiger partial charge on any atom is 0.150 e. The van der Waals surface area contributed by atoms with E-state index >= 15 is 0 Å². The molecule has 4 nitrogen and oxygen atoms in total. The Morgan fingerprint density at radius 3 is 2.54 bits per heavy atom. The highest BCUT2D eigenvalue weighted by atomic mass is 16.1. The van der Waals surface area contributed by atoms with Gasteiger partial charge in [-0.1, -0.05) is 36.0 Å². The van der Waals surface area contributed by atoms with Crippen molar-refractivity contribution >= 4 is 17.5 Å². The molecule has 0 saturated heterocycles. The van der Waals surface area contributed by atoms with Gasteiger partial charge in [-0.25, -0.2) is 0 Å². The summed E-state index contributed by atoms with van der Waals surface area (Å²) in [6.45, 7) is 3.55. The van der Waals surface area contributed by atoms with Crippen LogP contribution in [-0.4, -0.2) is 6.29 Å². The van der Waals surface area contributed by atoms with E-state index in [0.29, 0.717) is 17.5 Å². The van der Waals surface area contributed by atoms with Crippen LogP contribution >= 0.6 is 0 Å². The third-order valence-corrected chi connectivity index (χ3v) is 1.54. The summed E-state index contributed by atoms with van der Waals surface area (Å²) >= 11 is 0. The van der Waals surface area contributed by atoms with Crippen molar-refractivity contribution in [3.63, 3.8) is 0 Å². The maximum absolute atomic E-state index is 10.3. The molecule has 0 aromatic heterocycles. The van der Waals surface area contributed by atoms with E-state index in [1.165, 1.54) is 0 Å². The fraction of sp³-hybridized carbons (Fsp3) is 0. The van der Waals surface area contributed by atoms with E-state index in [1.807, 2.05) is 0 Å². The average Bonchev–Trinajstić information content (AvgIpc) is 2.18. The Bertz CT molecular complexity index is 374. The summed E-state index contributed by atoms with van der Waals surface area (Å²) < 4.78 is 0. The number of allylic oxidation sites excluding steroid dienone is 1. The Hall–Kier alpha value is -2.06. The molecule has 1 aromatic carbocycles. The van der Waals surface area contributed by atoms with E-state index in [4.69, 9.17) is 5.53 Å². The van der Waals surface area contributed by atoms with Crippen molar-refractivity contribution in [3.8, 4) is 0 Å². The molecule has 4 heteroatoms. The Balaban J connectivity index is 2.99. The first-order valence-corrected chi connectivity index (χ1v) is 3.57. The SMILES string of the molecule is C=C(C=O)c1ccc(N=[N+]=[N-])cc1. The van der Waals surface area contributed by atoms with Gasteiger partial charge in [-0.15, -0.1) is 0 Å². The van der Waals surface area contributed by atoms with Gasteiger partial charge >= 0.3 is 0 Å². The molecule has 0 spiro atoms. The Kier molecular flexibility index (Phi) is 2.84. The molecule has 0 radical (unpaired) electrons. The van der Waals surface area contributed by atoms with Crippen molar-refractivity contribution in [2.75, 3.05) is 0 Å². The summed E-state index contributed by atoms with van der Waals surface area (Å²) in [6.07, 6.45) is 0.683. The molecule has 13 heavy (non-hydrogen) atoms. The minimum absolute atomic E-state index is 0.410. The Morgan fingerprint density at radius 2 is 2.08 bits per heavy atom. The largest absolute Gasteiger partial charge is 0.298 e. The van der Waals surface area contributed by atoms with Gasteiger partial charge in [0.15, 0.2) is 0 Å². The highest BCUT2D eigenvalue weighted by Crippen LogP contribution is 2.16. The van der Waals surface area contributed by atoms with Gasteiger partial charge in [0, 0.05) is 16.2 Å². The van der Waals surface area contributed by atoms with Crippen LogP contribution in [0, 0.1) is 0 Å². The third-order valence-electron chi connectivity index (χ3n) is 1.54. The number of rotatable bonds is 3. The average molecular weight is 173 g/mol. The number of carbonyl (C=O) groups is 1. The van der Waals surface area contributed by atoms with Gasteiger partial charge in [-0.05, 0) is 11.1 Å². The molecule has 0 aliphatic rings. The predicted molar refractivity (Wildman–Crippen MR) is 50.3 cm³/mol. The monoisotopic (exact) mass is 173 g/mol. The van der Waals surface area contributed by atoms with Crippen molar-refractivity contribution < 1.29 is 4.79 Å². The van der Waals surface area contributed by atoms with Crippen LogP contribution in [0.2, 0.25) is 0 Å². The summed E-state index contributed by atoms with van der Waals surface area (Å²) in [5.41, 5.74) is 9.79. The highest BCUT2D eigenvalue weighted by molar-refractivity contribution is 6.05. The summed E-state index contributed by atoms with van der Waals surface area (Å²) in [6, 6.07) is 6.62. The minimum atomic E-state index is 0.410. The lowest BCUT2D eigenvalue weighted by Gasteiger charge is -1.97. The summed E-state index contributed by atoms with van der Waals surface area (Å²) in [7, 11) is 0. The minimum Gasteiger partial charge on any atom is -0.298 e. The zero-order valence-electron chi connectivity index (χ0n) is 6.84. The number of carbonyl (C=O) groups excluding carboxylic acids is 1. The van der Waals surface area contributed by atoms with Crippen molar-refractivity contribution in [3.05, 3.63) is 46.9 Å². The van der Waals surface area contributed by atoms with Crippen LogP contribution in [-0.2, 0) is 4.79 Å². The zero-order valence-corrected chi connectivity index (χ0v) is 6.84. The van der Waals surface area contributed by atoms with E-state index < -0.39 is 0 Å². The van der Waals surface area contributed by atoms with E-state index in [-0.39, 0.29) is 0 Å². The lowest BCUT2D eigenvalue weighted by molar-refractivity contribution is -0.103. The molecule has 0 atom stereocenters. The summed E-state index contributed by atoms with van der Waals surface area (Å²) in [5.74, 6) is 0. The maximum atomic E-state index is 10.3. The lowest BCUT2D eigenvalue weighted by Crippen LogP contribution is -1.81. The summed E-state index contributed by atoms with van der Waals surface area (Å²) in [5, 5.41) is 3.40. The number of hydrogen-bond acceptors (Lipinski definition) is 2. The van der Waals surface area contributed by atoms with E-state index in [2.05, 4.69) is 16.6 Å². The second-order valence-electron chi connectivity index (χ2n) is 2.38. The van der Waals surface area contributed by atoms with Gasteiger partial charge in [0.1, 0.15) is 6.29 Å². The molecule has 1 rings (SSSR count). The van der Waals surface area contributed by atoms with Crippen molar-refractivity contribution in [2.45, 2.75) is 0 Å². The van der Waals surface area contributed by atoms with Crippen LogP contribution in [0.15, 0.2) is 36.0 Å². The molecule has 0 aliphatic heterocycles. The first-order chi connectivity index (χ1) is 6.27. The number of azide groups is 1. The van der Waals surface area contributed by atoms with E-state index in [9.17, 15) is 4.79 Å². The first kappa shape index (κ1) is 9.03. The molecular formula is C9H7N3O. The molecule has 0 saturated carbocycles. The van der Waals surface area contributed by atoms with Crippen LogP contribution in [0.1, 0.15) is 5.56 Å². The third kappa shape index (κ3) is 2.18. The molecule has 0 unspecified atom stereocenters. The molecule has 0 N–H and O–H groups in total. The van der Waals surface area contributed by atoms with Crippen LogP contribution < -0.4 is 0 Å².